The summed E-state index contributed by atoms with van der Waals surface area (Å²) in [5, 5.41) is 14.1. The van der Waals surface area contributed by atoms with Crippen molar-refractivity contribution in [3.8, 4) is 0 Å². The molecule has 0 spiro atoms. The molecule has 0 aromatic heterocycles. The van der Waals surface area contributed by atoms with Crippen molar-refractivity contribution < 1.29 is 4.92 Å². The van der Waals surface area contributed by atoms with Crippen LogP contribution in [0.5, 0.6) is 0 Å². The number of benzene rings is 1. The zero-order chi connectivity index (χ0) is 15.2. The van der Waals surface area contributed by atoms with E-state index in [2.05, 4.69) is 17.3 Å². The minimum absolute atomic E-state index is 0.157. The second-order valence-corrected chi connectivity index (χ2v) is 5.88. The van der Waals surface area contributed by atoms with E-state index in [1.165, 1.54) is 38.5 Å². The second-order valence-electron chi connectivity index (χ2n) is 5.88. The van der Waals surface area contributed by atoms with E-state index >= 15 is 0 Å². The summed E-state index contributed by atoms with van der Waals surface area (Å²) < 4.78 is 0. The molecule has 0 heterocycles. The van der Waals surface area contributed by atoms with Crippen LogP contribution in [-0.4, -0.2) is 30.0 Å². The van der Waals surface area contributed by atoms with Gasteiger partial charge in [-0.25, -0.2) is 0 Å². The first-order chi connectivity index (χ1) is 10.1. The van der Waals surface area contributed by atoms with Crippen LogP contribution >= 0.6 is 0 Å². The Morgan fingerprint density at radius 2 is 1.95 bits per heavy atom. The lowest BCUT2D eigenvalue weighted by atomic mass is 10.1. The highest BCUT2D eigenvalue weighted by Crippen LogP contribution is 2.30. The van der Waals surface area contributed by atoms with Crippen LogP contribution in [0.2, 0.25) is 0 Å². The third-order valence-corrected chi connectivity index (χ3v) is 4.44. The zero-order valence-electron chi connectivity index (χ0n) is 13.0. The number of hydrogen-bond acceptors (Lipinski definition) is 4. The summed E-state index contributed by atoms with van der Waals surface area (Å²) in [6, 6.07) is 5.90. The van der Waals surface area contributed by atoms with E-state index in [0.29, 0.717) is 11.7 Å². The number of nitrogens with zero attached hydrogens (tertiary/aromatic N) is 2. The number of nitro benzene ring substituents is 1. The van der Waals surface area contributed by atoms with Crippen molar-refractivity contribution in [2.45, 2.75) is 51.1 Å². The van der Waals surface area contributed by atoms with E-state index < -0.39 is 0 Å². The highest BCUT2D eigenvalue weighted by atomic mass is 16.6. The molecule has 5 nitrogen and oxygen atoms in total. The molecule has 1 aliphatic rings. The number of rotatable bonds is 5. The number of nitrogens with one attached hydrogen (secondary N) is 1. The molecule has 1 aromatic rings. The molecule has 0 radical (unpaired) electrons. The van der Waals surface area contributed by atoms with Gasteiger partial charge in [0.2, 0.25) is 0 Å². The summed E-state index contributed by atoms with van der Waals surface area (Å²) in [4.78, 5) is 13.2. The van der Waals surface area contributed by atoms with Crippen LogP contribution in [0.4, 0.5) is 11.4 Å². The molecule has 1 fully saturated rings. The maximum atomic E-state index is 11.1. The molecule has 1 aliphatic carbocycles. The van der Waals surface area contributed by atoms with E-state index in [0.717, 1.165) is 12.1 Å². The van der Waals surface area contributed by atoms with Gasteiger partial charge in [-0.2, -0.15) is 0 Å². The van der Waals surface area contributed by atoms with Crippen LogP contribution in [0.3, 0.4) is 0 Å². The molecule has 2 rings (SSSR count). The average molecular weight is 291 g/mol. The predicted molar refractivity (Wildman–Crippen MR) is 85.6 cm³/mol. The third-order valence-electron chi connectivity index (χ3n) is 4.44. The Kier molecular flexibility index (Phi) is 5.56. The van der Waals surface area contributed by atoms with Crippen molar-refractivity contribution in [1.29, 1.82) is 0 Å². The van der Waals surface area contributed by atoms with Gasteiger partial charge in [0.1, 0.15) is 5.69 Å². The standard InChI is InChI=1S/C16H25N3O2/c1-17-16-13(8-7-11-15(16)19(20)21)12-18(2)14-9-5-3-4-6-10-14/h7-8,11,14,17H,3-6,9-10,12H2,1-2H3. The molecule has 1 saturated carbocycles. The van der Waals surface area contributed by atoms with Crippen molar-refractivity contribution in [3.05, 3.63) is 33.9 Å². The fourth-order valence-corrected chi connectivity index (χ4v) is 3.26. The maximum Gasteiger partial charge on any atom is 0.292 e. The van der Waals surface area contributed by atoms with Crippen LogP contribution in [0.15, 0.2) is 18.2 Å². The number of anilines is 1. The highest BCUT2D eigenvalue weighted by molar-refractivity contribution is 5.66. The Morgan fingerprint density at radius 3 is 2.52 bits per heavy atom. The van der Waals surface area contributed by atoms with Crippen molar-refractivity contribution in [2.24, 2.45) is 0 Å². The molecule has 1 N–H and O–H groups in total. The molecule has 116 valence electrons. The van der Waals surface area contributed by atoms with Crippen LogP contribution < -0.4 is 5.32 Å². The van der Waals surface area contributed by atoms with Gasteiger partial charge in [0.25, 0.3) is 5.69 Å². The molecule has 0 amide bonds. The molecule has 5 heteroatoms. The van der Waals surface area contributed by atoms with Crippen LogP contribution in [-0.2, 0) is 6.54 Å². The summed E-state index contributed by atoms with van der Waals surface area (Å²) in [5.41, 5.74) is 1.80. The zero-order valence-corrected chi connectivity index (χ0v) is 13.0. The fourth-order valence-electron chi connectivity index (χ4n) is 3.26. The molecule has 0 bridgehead atoms. The molecule has 0 saturated heterocycles. The topological polar surface area (TPSA) is 58.4 Å². The third kappa shape index (κ3) is 3.94. The Hall–Kier alpha value is -1.62. The quantitative estimate of drug-likeness (QED) is 0.509. The van der Waals surface area contributed by atoms with Gasteiger partial charge in [0, 0.05) is 25.7 Å². The minimum Gasteiger partial charge on any atom is -0.382 e. The SMILES string of the molecule is CNc1c(CN(C)C2CCCCCC2)cccc1[N+](=O)[O-]. The lowest BCUT2D eigenvalue weighted by molar-refractivity contribution is -0.384. The van der Waals surface area contributed by atoms with Gasteiger partial charge in [-0.05, 0) is 25.5 Å². The molecular weight excluding hydrogens is 266 g/mol. The van der Waals surface area contributed by atoms with E-state index in [1.807, 2.05) is 6.07 Å². The van der Waals surface area contributed by atoms with E-state index in [9.17, 15) is 10.1 Å². The summed E-state index contributed by atoms with van der Waals surface area (Å²) in [5.74, 6) is 0. The molecule has 21 heavy (non-hydrogen) atoms. The summed E-state index contributed by atoms with van der Waals surface area (Å²) in [6.45, 7) is 0.752. The Morgan fingerprint density at radius 1 is 1.29 bits per heavy atom. The van der Waals surface area contributed by atoms with Crippen LogP contribution in [0.1, 0.15) is 44.1 Å². The molecule has 0 unspecified atom stereocenters. The molecule has 0 aliphatic heterocycles. The van der Waals surface area contributed by atoms with Gasteiger partial charge in [-0.15, -0.1) is 0 Å². The monoisotopic (exact) mass is 291 g/mol. The first-order valence-corrected chi connectivity index (χ1v) is 7.77. The number of hydrogen-bond donors (Lipinski definition) is 1. The van der Waals surface area contributed by atoms with Crippen molar-refractivity contribution >= 4 is 11.4 Å². The Balaban J connectivity index is 2.14. The van der Waals surface area contributed by atoms with Crippen LogP contribution in [0, 0.1) is 10.1 Å². The maximum absolute atomic E-state index is 11.1. The first kappa shape index (κ1) is 15.8. The average Bonchev–Trinajstić information content (AvgIpc) is 2.76. The molecule has 1 aromatic carbocycles. The lowest BCUT2D eigenvalue weighted by Crippen LogP contribution is -2.31. The lowest BCUT2D eigenvalue weighted by Gasteiger charge is -2.27. The van der Waals surface area contributed by atoms with Crippen molar-refractivity contribution in [1.82, 2.24) is 4.90 Å². The van der Waals surface area contributed by atoms with E-state index in [1.54, 1.807) is 19.2 Å². The Bertz CT molecular complexity index is 482. The normalized spacial score (nSPS) is 16.7. The Labute approximate surface area is 126 Å². The van der Waals surface area contributed by atoms with Gasteiger partial charge in [0.15, 0.2) is 0 Å². The number of nitro groups is 1. The molecular formula is C16H25N3O2. The van der Waals surface area contributed by atoms with Crippen LogP contribution in [0.25, 0.3) is 0 Å². The molecule has 0 atom stereocenters. The number of para-hydroxylation sites is 1. The van der Waals surface area contributed by atoms with Gasteiger partial charge >= 0.3 is 0 Å². The fraction of sp³-hybridized carbons (Fsp3) is 0.625. The summed E-state index contributed by atoms with van der Waals surface area (Å²) in [6.07, 6.45) is 7.73. The van der Waals surface area contributed by atoms with Gasteiger partial charge in [-0.3, -0.25) is 15.0 Å². The van der Waals surface area contributed by atoms with Crippen molar-refractivity contribution in [3.63, 3.8) is 0 Å². The first-order valence-electron chi connectivity index (χ1n) is 7.77. The van der Waals surface area contributed by atoms with Gasteiger partial charge in [0.05, 0.1) is 4.92 Å². The summed E-state index contributed by atoms with van der Waals surface area (Å²) >= 11 is 0. The van der Waals surface area contributed by atoms with E-state index in [4.69, 9.17) is 0 Å². The largest absolute Gasteiger partial charge is 0.382 e. The van der Waals surface area contributed by atoms with Crippen molar-refractivity contribution in [2.75, 3.05) is 19.4 Å². The highest BCUT2D eigenvalue weighted by Gasteiger charge is 2.21. The second kappa shape index (κ2) is 7.41. The van der Waals surface area contributed by atoms with Gasteiger partial charge < -0.3 is 5.32 Å². The minimum atomic E-state index is -0.318. The summed E-state index contributed by atoms with van der Waals surface area (Å²) in [7, 11) is 3.88. The van der Waals surface area contributed by atoms with Gasteiger partial charge in [-0.1, -0.05) is 37.8 Å². The predicted octanol–water partition coefficient (Wildman–Crippen LogP) is 3.79. The smallest absolute Gasteiger partial charge is 0.292 e. The van der Waals surface area contributed by atoms with E-state index in [-0.39, 0.29) is 10.6 Å².